The van der Waals surface area contributed by atoms with Crippen LogP contribution in [0.15, 0.2) is 42.5 Å². The number of hydrogen-bond acceptors (Lipinski definition) is 2. The van der Waals surface area contributed by atoms with E-state index in [9.17, 15) is 8.42 Å². The maximum Gasteiger partial charge on any atom is 0.153 e. The summed E-state index contributed by atoms with van der Waals surface area (Å²) in [6, 6.07) is 9.97. The highest BCUT2D eigenvalue weighted by molar-refractivity contribution is 7.91. The molecule has 2 nitrogen and oxygen atoms in total. The molecule has 16 heavy (non-hydrogen) atoms. The van der Waals surface area contributed by atoms with Crippen LogP contribution in [0, 0.1) is 0 Å². The summed E-state index contributed by atoms with van der Waals surface area (Å²) in [5, 5.41) is 0. The molecule has 1 rings (SSSR count). The van der Waals surface area contributed by atoms with Crippen molar-refractivity contribution < 1.29 is 8.42 Å². The van der Waals surface area contributed by atoms with Gasteiger partial charge in [-0.2, -0.15) is 0 Å². The predicted molar refractivity (Wildman–Crippen MR) is 68.2 cm³/mol. The van der Waals surface area contributed by atoms with Gasteiger partial charge in [0, 0.05) is 0 Å². The second kappa shape index (κ2) is 6.48. The van der Waals surface area contributed by atoms with Crippen LogP contribution in [0.5, 0.6) is 0 Å². The molecule has 0 heterocycles. The number of aryl methyl sites for hydroxylation is 1. The Morgan fingerprint density at radius 2 is 1.88 bits per heavy atom. The van der Waals surface area contributed by atoms with Gasteiger partial charge in [0.15, 0.2) is 9.84 Å². The van der Waals surface area contributed by atoms with Gasteiger partial charge in [-0.3, -0.25) is 0 Å². The summed E-state index contributed by atoms with van der Waals surface area (Å²) in [5.41, 5.74) is 1.20. The highest BCUT2D eigenvalue weighted by atomic mass is 32.2. The fourth-order valence-corrected chi connectivity index (χ4v) is 2.70. The Bertz CT molecular complexity index is 419. The summed E-state index contributed by atoms with van der Waals surface area (Å²) >= 11 is 0. The van der Waals surface area contributed by atoms with Gasteiger partial charge in [-0.1, -0.05) is 42.5 Å². The van der Waals surface area contributed by atoms with Gasteiger partial charge in [0.1, 0.15) is 0 Å². The second-order valence-electron chi connectivity index (χ2n) is 3.77. The lowest BCUT2D eigenvalue weighted by Gasteiger charge is -2.02. The molecule has 0 N–H and O–H groups in total. The van der Waals surface area contributed by atoms with Gasteiger partial charge in [-0.15, -0.1) is 0 Å². The van der Waals surface area contributed by atoms with Crippen LogP contribution < -0.4 is 0 Å². The van der Waals surface area contributed by atoms with Gasteiger partial charge < -0.3 is 0 Å². The lowest BCUT2D eigenvalue weighted by atomic mass is 10.1. The molecule has 0 radical (unpaired) electrons. The van der Waals surface area contributed by atoms with Crippen molar-refractivity contribution in [3.05, 3.63) is 48.0 Å². The Hall–Kier alpha value is -1.09. The lowest BCUT2D eigenvalue weighted by molar-refractivity contribution is 0.596. The molecule has 0 aliphatic heterocycles. The van der Waals surface area contributed by atoms with Crippen LogP contribution in [-0.2, 0) is 16.3 Å². The minimum Gasteiger partial charge on any atom is -0.229 e. The minimum atomic E-state index is -2.90. The largest absolute Gasteiger partial charge is 0.229 e. The Balaban J connectivity index is 2.36. The summed E-state index contributed by atoms with van der Waals surface area (Å²) in [5.74, 6) is 0.435. The van der Waals surface area contributed by atoms with Crippen LogP contribution in [0.1, 0.15) is 18.9 Å². The van der Waals surface area contributed by atoms with E-state index in [0.29, 0.717) is 6.42 Å². The average molecular weight is 238 g/mol. The first-order chi connectivity index (χ1) is 7.64. The number of allylic oxidation sites excluding steroid dienone is 1. The van der Waals surface area contributed by atoms with E-state index in [2.05, 4.69) is 0 Å². The highest BCUT2D eigenvalue weighted by Gasteiger charge is 2.07. The van der Waals surface area contributed by atoms with Crippen LogP contribution in [0.25, 0.3) is 0 Å². The Morgan fingerprint density at radius 3 is 2.50 bits per heavy atom. The first kappa shape index (κ1) is 13.0. The SMILES string of the molecule is C/C=C/CS(=O)(=O)CCCc1ccccc1. The number of benzene rings is 1. The molecule has 0 aromatic heterocycles. The molecule has 1 aromatic carbocycles. The van der Waals surface area contributed by atoms with Crippen LogP contribution in [0.4, 0.5) is 0 Å². The van der Waals surface area contributed by atoms with Crippen molar-refractivity contribution in [2.45, 2.75) is 19.8 Å². The minimum absolute atomic E-state index is 0.165. The second-order valence-corrected chi connectivity index (χ2v) is 6.00. The molecular weight excluding hydrogens is 220 g/mol. The van der Waals surface area contributed by atoms with Crippen LogP contribution in [0.3, 0.4) is 0 Å². The monoisotopic (exact) mass is 238 g/mol. The first-order valence-corrected chi connectivity index (χ1v) is 7.32. The van der Waals surface area contributed by atoms with E-state index < -0.39 is 9.84 Å². The maximum atomic E-state index is 11.5. The smallest absolute Gasteiger partial charge is 0.153 e. The van der Waals surface area contributed by atoms with Crippen molar-refractivity contribution in [3.63, 3.8) is 0 Å². The zero-order valence-electron chi connectivity index (χ0n) is 9.59. The Morgan fingerprint density at radius 1 is 1.19 bits per heavy atom. The standard InChI is InChI=1S/C13H18O2S/c1-2-3-11-16(14,15)12-7-10-13-8-5-4-6-9-13/h2-6,8-9H,7,10-12H2,1H3/b3-2+. The van der Waals surface area contributed by atoms with E-state index in [-0.39, 0.29) is 11.5 Å². The van der Waals surface area contributed by atoms with Gasteiger partial charge in [-0.25, -0.2) is 8.42 Å². The van der Waals surface area contributed by atoms with E-state index in [4.69, 9.17) is 0 Å². The van der Waals surface area contributed by atoms with E-state index >= 15 is 0 Å². The third-order valence-corrected chi connectivity index (χ3v) is 3.96. The zero-order chi connectivity index (χ0) is 11.9. The molecule has 0 spiro atoms. The normalized spacial score (nSPS) is 12.1. The van der Waals surface area contributed by atoms with Crippen LogP contribution in [0.2, 0.25) is 0 Å². The third kappa shape index (κ3) is 5.12. The van der Waals surface area contributed by atoms with E-state index in [0.717, 1.165) is 6.42 Å². The molecule has 1 aromatic rings. The number of hydrogen-bond donors (Lipinski definition) is 0. The quantitative estimate of drug-likeness (QED) is 0.714. The van der Waals surface area contributed by atoms with Crippen LogP contribution in [-0.4, -0.2) is 19.9 Å². The van der Waals surface area contributed by atoms with Crippen molar-refractivity contribution in [3.8, 4) is 0 Å². The summed E-state index contributed by atoms with van der Waals surface area (Å²) in [4.78, 5) is 0. The molecule has 0 fully saturated rings. The van der Waals surface area contributed by atoms with E-state index in [1.54, 1.807) is 12.2 Å². The van der Waals surface area contributed by atoms with Crippen molar-refractivity contribution in [2.75, 3.05) is 11.5 Å². The molecule has 88 valence electrons. The van der Waals surface area contributed by atoms with Crippen molar-refractivity contribution in [1.29, 1.82) is 0 Å². The zero-order valence-corrected chi connectivity index (χ0v) is 10.4. The molecule has 0 amide bonds. The van der Waals surface area contributed by atoms with Crippen LogP contribution >= 0.6 is 0 Å². The van der Waals surface area contributed by atoms with Crippen molar-refractivity contribution in [2.24, 2.45) is 0 Å². The molecular formula is C13H18O2S. The highest BCUT2D eigenvalue weighted by Crippen LogP contribution is 2.04. The third-order valence-electron chi connectivity index (χ3n) is 2.35. The topological polar surface area (TPSA) is 34.1 Å². The fraction of sp³-hybridized carbons (Fsp3) is 0.385. The molecule has 0 unspecified atom stereocenters. The molecule has 0 aliphatic carbocycles. The van der Waals surface area contributed by atoms with Gasteiger partial charge in [-0.05, 0) is 25.3 Å². The fourth-order valence-electron chi connectivity index (χ4n) is 1.47. The molecule has 0 aliphatic rings. The lowest BCUT2D eigenvalue weighted by Crippen LogP contribution is -2.10. The van der Waals surface area contributed by atoms with Gasteiger partial charge in [0.25, 0.3) is 0 Å². The van der Waals surface area contributed by atoms with E-state index in [1.165, 1.54) is 5.56 Å². The van der Waals surface area contributed by atoms with Gasteiger partial charge in [0.2, 0.25) is 0 Å². The summed E-state index contributed by atoms with van der Waals surface area (Å²) in [6.45, 7) is 1.83. The summed E-state index contributed by atoms with van der Waals surface area (Å²) < 4.78 is 23.1. The number of sulfone groups is 1. The van der Waals surface area contributed by atoms with E-state index in [1.807, 2.05) is 37.3 Å². The maximum absolute atomic E-state index is 11.5. The molecule has 0 saturated carbocycles. The Kier molecular flexibility index (Phi) is 5.26. The molecule has 0 atom stereocenters. The first-order valence-electron chi connectivity index (χ1n) is 5.49. The Labute approximate surface area is 97.9 Å². The summed E-state index contributed by atoms with van der Waals surface area (Å²) in [6.07, 6.45) is 4.99. The van der Waals surface area contributed by atoms with Gasteiger partial charge in [0.05, 0.1) is 11.5 Å². The van der Waals surface area contributed by atoms with Gasteiger partial charge >= 0.3 is 0 Å². The molecule has 0 bridgehead atoms. The van der Waals surface area contributed by atoms with Crippen molar-refractivity contribution in [1.82, 2.24) is 0 Å². The molecule has 3 heteroatoms. The predicted octanol–water partition coefficient (Wildman–Crippen LogP) is 2.61. The van der Waals surface area contributed by atoms with Crippen molar-refractivity contribution >= 4 is 9.84 Å². The molecule has 0 saturated heterocycles. The number of rotatable bonds is 6. The summed E-state index contributed by atoms with van der Waals surface area (Å²) in [7, 11) is -2.90. The average Bonchev–Trinajstić information content (AvgIpc) is 2.28.